The van der Waals surface area contributed by atoms with Gasteiger partial charge in [0.05, 0.1) is 0 Å². The molecule has 8 rings (SSSR count). The Kier molecular flexibility index (Phi) is 4.55. The van der Waals surface area contributed by atoms with Gasteiger partial charge in [-0.15, -0.1) is 0 Å². The summed E-state index contributed by atoms with van der Waals surface area (Å²) in [6.07, 6.45) is 0. The summed E-state index contributed by atoms with van der Waals surface area (Å²) in [5.74, 6) is 0. The second kappa shape index (κ2) is 8.22. The maximum Gasteiger partial charge on any atom is 0.137 e. The molecule has 0 atom stereocenters. The summed E-state index contributed by atoms with van der Waals surface area (Å²) in [5.41, 5.74) is 6.34. The molecule has 0 fully saturated rings. The summed E-state index contributed by atoms with van der Waals surface area (Å²) in [5, 5.41) is 13.3. The number of hydrogen-bond acceptors (Lipinski definition) is 2. The highest BCUT2D eigenvalue weighted by Crippen LogP contribution is 2.37. The Bertz CT molecular complexity index is 2150. The van der Waals surface area contributed by atoms with Crippen LogP contribution in [0.4, 0.5) is 11.4 Å². The van der Waals surface area contributed by atoms with Crippen molar-refractivity contribution in [3.63, 3.8) is 0 Å². The lowest BCUT2D eigenvalue weighted by Crippen LogP contribution is -1.90. The van der Waals surface area contributed by atoms with Gasteiger partial charge < -0.3 is 9.73 Å². The molecule has 0 saturated heterocycles. The third kappa shape index (κ3) is 3.35. The highest BCUT2D eigenvalue weighted by atomic mass is 16.3. The van der Waals surface area contributed by atoms with Gasteiger partial charge in [0.25, 0.3) is 0 Å². The van der Waals surface area contributed by atoms with Gasteiger partial charge in [0, 0.05) is 28.2 Å². The van der Waals surface area contributed by atoms with E-state index >= 15 is 0 Å². The molecule has 0 spiro atoms. The molecule has 0 aliphatic rings. The Labute approximate surface area is 219 Å². The fourth-order valence-corrected chi connectivity index (χ4v) is 5.74. The van der Waals surface area contributed by atoms with Crippen molar-refractivity contribution in [3.8, 4) is 11.1 Å². The van der Waals surface area contributed by atoms with Crippen molar-refractivity contribution in [1.29, 1.82) is 0 Å². The molecule has 0 aliphatic carbocycles. The monoisotopic (exact) mass is 485 g/mol. The Hall–Kier alpha value is -5.08. The molecule has 0 bridgehead atoms. The normalized spacial score (nSPS) is 11.7. The predicted octanol–water partition coefficient (Wildman–Crippen LogP) is 10.5. The zero-order chi connectivity index (χ0) is 25.1. The van der Waals surface area contributed by atoms with Crippen LogP contribution in [0, 0.1) is 0 Å². The van der Waals surface area contributed by atoms with Crippen molar-refractivity contribution in [2.75, 3.05) is 5.32 Å². The maximum atomic E-state index is 6.27. The molecule has 0 radical (unpaired) electrons. The fourth-order valence-electron chi connectivity index (χ4n) is 5.74. The van der Waals surface area contributed by atoms with Gasteiger partial charge in [-0.25, -0.2) is 0 Å². The molecule has 178 valence electrons. The molecule has 0 amide bonds. The van der Waals surface area contributed by atoms with Crippen LogP contribution in [0.2, 0.25) is 0 Å². The van der Waals surface area contributed by atoms with E-state index in [2.05, 4.69) is 139 Å². The largest absolute Gasteiger partial charge is 0.456 e. The number of furan rings is 1. The van der Waals surface area contributed by atoms with E-state index in [4.69, 9.17) is 4.42 Å². The van der Waals surface area contributed by atoms with E-state index in [-0.39, 0.29) is 0 Å². The van der Waals surface area contributed by atoms with Crippen molar-refractivity contribution in [1.82, 2.24) is 0 Å². The minimum absolute atomic E-state index is 0.890. The summed E-state index contributed by atoms with van der Waals surface area (Å²) >= 11 is 0. The van der Waals surface area contributed by atoms with Gasteiger partial charge in [0.1, 0.15) is 11.2 Å². The maximum absolute atomic E-state index is 6.27. The van der Waals surface area contributed by atoms with E-state index in [9.17, 15) is 0 Å². The Morgan fingerprint density at radius 1 is 0.395 bits per heavy atom. The molecule has 0 saturated carbocycles. The highest BCUT2D eigenvalue weighted by molar-refractivity contribution is 6.19. The number of hydrogen-bond donors (Lipinski definition) is 1. The lowest BCUT2D eigenvalue weighted by atomic mass is 9.97. The quantitative estimate of drug-likeness (QED) is 0.252. The van der Waals surface area contributed by atoms with Gasteiger partial charge in [-0.1, -0.05) is 91.0 Å². The molecule has 0 unspecified atom stereocenters. The van der Waals surface area contributed by atoms with E-state index in [1.807, 2.05) is 0 Å². The predicted molar refractivity (Wildman–Crippen MR) is 161 cm³/mol. The molecule has 8 aromatic rings. The van der Waals surface area contributed by atoms with Gasteiger partial charge >= 0.3 is 0 Å². The average molecular weight is 486 g/mol. The minimum atomic E-state index is 0.890. The Balaban J connectivity index is 1.19. The molecule has 0 aliphatic heterocycles. The lowest BCUT2D eigenvalue weighted by Gasteiger charge is -2.11. The van der Waals surface area contributed by atoms with Crippen LogP contribution in [0.3, 0.4) is 0 Å². The van der Waals surface area contributed by atoms with Crippen LogP contribution in [0.5, 0.6) is 0 Å². The second-order valence-corrected chi connectivity index (χ2v) is 9.90. The first-order valence-corrected chi connectivity index (χ1v) is 12.9. The summed E-state index contributed by atoms with van der Waals surface area (Å²) < 4.78 is 6.27. The smallest absolute Gasteiger partial charge is 0.137 e. The summed E-state index contributed by atoms with van der Waals surface area (Å²) in [4.78, 5) is 0. The molecule has 1 N–H and O–H groups in total. The van der Waals surface area contributed by atoms with Crippen LogP contribution in [0.1, 0.15) is 0 Å². The van der Waals surface area contributed by atoms with Crippen LogP contribution in [-0.4, -0.2) is 0 Å². The molecule has 1 heterocycles. The van der Waals surface area contributed by atoms with Crippen molar-refractivity contribution < 1.29 is 4.42 Å². The van der Waals surface area contributed by atoms with Crippen molar-refractivity contribution in [2.45, 2.75) is 0 Å². The molecular weight excluding hydrogens is 462 g/mol. The molecule has 2 heteroatoms. The van der Waals surface area contributed by atoms with E-state index < -0.39 is 0 Å². The number of anilines is 2. The standard InChI is InChI=1S/C36H23NO/c1-2-6-23(7-3-1)26-13-17-30-27(20-26)11-10-25-12-15-28(21-33(25)30)37-29-16-18-32-35(22-29)38-34-19-14-24-8-4-5-9-31(24)36(32)34/h1-22,37H. The van der Waals surface area contributed by atoms with Crippen molar-refractivity contribution >= 4 is 65.6 Å². The van der Waals surface area contributed by atoms with Crippen LogP contribution in [0.25, 0.3) is 65.4 Å². The van der Waals surface area contributed by atoms with Crippen molar-refractivity contribution in [3.05, 3.63) is 133 Å². The topological polar surface area (TPSA) is 25.2 Å². The van der Waals surface area contributed by atoms with Crippen LogP contribution in [0.15, 0.2) is 138 Å². The average Bonchev–Trinajstić information content (AvgIpc) is 3.35. The zero-order valence-electron chi connectivity index (χ0n) is 20.6. The second-order valence-electron chi connectivity index (χ2n) is 9.90. The molecule has 7 aromatic carbocycles. The zero-order valence-corrected chi connectivity index (χ0v) is 20.6. The molecule has 2 nitrogen and oxygen atoms in total. The van der Waals surface area contributed by atoms with Gasteiger partial charge in [0.2, 0.25) is 0 Å². The van der Waals surface area contributed by atoms with Crippen LogP contribution < -0.4 is 5.32 Å². The molecule has 38 heavy (non-hydrogen) atoms. The van der Waals surface area contributed by atoms with Gasteiger partial charge in [-0.05, 0) is 79.8 Å². The first kappa shape index (κ1) is 21.0. The SMILES string of the molecule is c1ccc(-c2ccc3c(ccc4ccc(Nc5ccc6c(c5)oc5ccc7ccccc7c56)cc43)c2)cc1. The summed E-state index contributed by atoms with van der Waals surface area (Å²) in [6, 6.07) is 47.4. The number of nitrogens with one attached hydrogen (secondary N) is 1. The van der Waals surface area contributed by atoms with E-state index in [1.165, 1.54) is 48.8 Å². The molecule has 1 aromatic heterocycles. The van der Waals surface area contributed by atoms with E-state index in [0.29, 0.717) is 0 Å². The van der Waals surface area contributed by atoms with Crippen molar-refractivity contribution in [2.24, 2.45) is 0 Å². The van der Waals surface area contributed by atoms with Gasteiger partial charge in [-0.2, -0.15) is 0 Å². The first-order valence-electron chi connectivity index (χ1n) is 12.9. The number of benzene rings is 7. The van der Waals surface area contributed by atoms with Gasteiger partial charge in [0.15, 0.2) is 0 Å². The third-order valence-electron chi connectivity index (χ3n) is 7.59. The molecular formula is C36H23NO. The third-order valence-corrected chi connectivity index (χ3v) is 7.59. The number of fused-ring (bicyclic) bond motifs is 8. The summed E-state index contributed by atoms with van der Waals surface area (Å²) in [7, 11) is 0. The van der Waals surface area contributed by atoms with E-state index in [1.54, 1.807) is 0 Å². The van der Waals surface area contributed by atoms with Crippen LogP contribution in [-0.2, 0) is 0 Å². The van der Waals surface area contributed by atoms with E-state index in [0.717, 1.165) is 27.9 Å². The van der Waals surface area contributed by atoms with Gasteiger partial charge in [-0.3, -0.25) is 0 Å². The highest BCUT2D eigenvalue weighted by Gasteiger charge is 2.11. The Morgan fingerprint density at radius 2 is 1.11 bits per heavy atom. The Morgan fingerprint density at radius 3 is 2.05 bits per heavy atom. The number of rotatable bonds is 3. The fraction of sp³-hybridized carbons (Fsp3) is 0. The minimum Gasteiger partial charge on any atom is -0.456 e. The first-order chi connectivity index (χ1) is 18.8. The lowest BCUT2D eigenvalue weighted by molar-refractivity contribution is 0.669. The summed E-state index contributed by atoms with van der Waals surface area (Å²) in [6.45, 7) is 0. The van der Waals surface area contributed by atoms with Crippen LogP contribution >= 0.6 is 0 Å².